The Hall–Kier alpha value is -0.870. The first-order chi connectivity index (χ1) is 7.33. The Morgan fingerprint density at radius 1 is 1.31 bits per heavy atom. The fourth-order valence-electron chi connectivity index (χ4n) is 1.49. The van der Waals surface area contributed by atoms with Crippen LogP contribution in [0.2, 0.25) is 0 Å². The Balaban J connectivity index is 3.02. The fraction of sp³-hybridized carbons (Fsp3) is 0.500. The highest BCUT2D eigenvalue weighted by molar-refractivity contribution is 7.91. The minimum atomic E-state index is -3.19. The molecule has 0 heterocycles. The van der Waals surface area contributed by atoms with E-state index in [-0.39, 0.29) is 11.8 Å². The third kappa shape index (κ3) is 3.32. The van der Waals surface area contributed by atoms with E-state index in [0.29, 0.717) is 11.3 Å². The largest absolute Gasteiger partial charge is 0.328 e. The molecule has 0 bridgehead atoms. The third-order valence-corrected chi connectivity index (χ3v) is 4.40. The Bertz CT molecular complexity index is 464. The fourth-order valence-corrected chi connectivity index (χ4v) is 3.32. The number of hydrogen-bond donors (Lipinski definition) is 1. The van der Waals surface area contributed by atoms with Crippen molar-refractivity contribution in [1.82, 2.24) is 0 Å². The molecule has 0 aromatic heterocycles. The summed E-state index contributed by atoms with van der Waals surface area (Å²) in [5, 5.41) is 0. The number of rotatable bonds is 4. The van der Waals surface area contributed by atoms with Gasteiger partial charge in [0.15, 0.2) is 9.84 Å². The van der Waals surface area contributed by atoms with Crippen LogP contribution in [0.4, 0.5) is 0 Å². The van der Waals surface area contributed by atoms with Crippen LogP contribution in [0.3, 0.4) is 0 Å². The summed E-state index contributed by atoms with van der Waals surface area (Å²) in [5.74, 6) is 0.120. The van der Waals surface area contributed by atoms with Crippen LogP contribution in [0.1, 0.15) is 24.5 Å². The van der Waals surface area contributed by atoms with Crippen LogP contribution >= 0.6 is 0 Å². The molecule has 0 aliphatic carbocycles. The molecule has 2 N–H and O–H groups in total. The second-order valence-corrected chi connectivity index (χ2v) is 6.43. The van der Waals surface area contributed by atoms with Gasteiger partial charge in [-0.1, -0.05) is 12.1 Å². The van der Waals surface area contributed by atoms with E-state index in [4.69, 9.17) is 5.73 Å². The first-order valence-electron chi connectivity index (χ1n) is 5.38. The number of hydrogen-bond acceptors (Lipinski definition) is 3. The zero-order valence-electron chi connectivity index (χ0n) is 10.0. The van der Waals surface area contributed by atoms with Crippen molar-refractivity contribution in [1.29, 1.82) is 0 Å². The molecule has 0 aliphatic rings. The third-order valence-electron chi connectivity index (χ3n) is 2.52. The van der Waals surface area contributed by atoms with E-state index in [2.05, 4.69) is 0 Å². The second kappa shape index (κ2) is 4.97. The molecular weight excluding hydrogens is 222 g/mol. The van der Waals surface area contributed by atoms with Gasteiger partial charge in [-0.3, -0.25) is 0 Å². The predicted molar refractivity (Wildman–Crippen MR) is 66.2 cm³/mol. The Labute approximate surface area is 97.6 Å². The van der Waals surface area contributed by atoms with Crippen LogP contribution in [-0.4, -0.2) is 20.2 Å². The van der Waals surface area contributed by atoms with Crippen LogP contribution in [0, 0.1) is 13.8 Å². The van der Waals surface area contributed by atoms with Crippen LogP contribution in [-0.2, 0) is 9.84 Å². The van der Waals surface area contributed by atoms with Gasteiger partial charge in [-0.25, -0.2) is 8.42 Å². The number of nitrogens with two attached hydrogens (primary N) is 1. The summed E-state index contributed by atoms with van der Waals surface area (Å²) in [6, 6.07) is 5.40. The number of benzene rings is 1. The van der Waals surface area contributed by atoms with Crippen molar-refractivity contribution in [2.45, 2.75) is 38.1 Å². The highest BCUT2D eigenvalue weighted by Crippen LogP contribution is 2.19. The van der Waals surface area contributed by atoms with E-state index >= 15 is 0 Å². The van der Waals surface area contributed by atoms with Gasteiger partial charge in [0, 0.05) is 6.04 Å². The summed E-state index contributed by atoms with van der Waals surface area (Å²) in [6.07, 6.45) is 0.496. The zero-order valence-corrected chi connectivity index (χ0v) is 10.8. The van der Waals surface area contributed by atoms with Gasteiger partial charge >= 0.3 is 0 Å². The minimum absolute atomic E-state index is 0.0834. The predicted octanol–water partition coefficient (Wildman–Crippen LogP) is 1.81. The van der Waals surface area contributed by atoms with Gasteiger partial charge in [0.05, 0.1) is 10.6 Å². The lowest BCUT2D eigenvalue weighted by Gasteiger charge is -2.10. The molecule has 0 saturated heterocycles. The van der Waals surface area contributed by atoms with Gasteiger partial charge in [-0.05, 0) is 44.4 Å². The number of sulfone groups is 1. The molecule has 90 valence electrons. The molecule has 3 nitrogen and oxygen atoms in total. The lowest BCUT2D eigenvalue weighted by molar-refractivity contribution is 0.587. The molecular formula is C12H19NO2S. The summed E-state index contributed by atoms with van der Waals surface area (Å²) in [5.41, 5.74) is 7.35. The molecule has 0 spiro atoms. The number of aryl methyl sites for hydroxylation is 2. The van der Waals surface area contributed by atoms with Gasteiger partial charge in [-0.2, -0.15) is 0 Å². The van der Waals surface area contributed by atoms with E-state index in [1.807, 2.05) is 32.9 Å². The summed E-state index contributed by atoms with van der Waals surface area (Å²) in [4.78, 5) is 0.438. The van der Waals surface area contributed by atoms with Crippen molar-refractivity contribution in [2.24, 2.45) is 5.73 Å². The van der Waals surface area contributed by atoms with Crippen LogP contribution in [0.5, 0.6) is 0 Å². The highest BCUT2D eigenvalue weighted by Gasteiger charge is 2.17. The second-order valence-electron chi connectivity index (χ2n) is 4.35. The first-order valence-corrected chi connectivity index (χ1v) is 7.04. The van der Waals surface area contributed by atoms with Crippen molar-refractivity contribution in [2.75, 3.05) is 5.75 Å². The quantitative estimate of drug-likeness (QED) is 0.874. The smallest absolute Gasteiger partial charge is 0.178 e. The van der Waals surface area contributed by atoms with E-state index in [9.17, 15) is 8.42 Å². The molecule has 4 heteroatoms. The maximum Gasteiger partial charge on any atom is 0.178 e. The topological polar surface area (TPSA) is 60.2 Å². The van der Waals surface area contributed by atoms with Gasteiger partial charge < -0.3 is 5.73 Å². The lowest BCUT2D eigenvalue weighted by atomic mass is 10.2. The molecule has 1 rings (SSSR count). The molecule has 1 unspecified atom stereocenters. The maximum absolute atomic E-state index is 12.1. The normalized spacial score (nSPS) is 13.8. The summed E-state index contributed by atoms with van der Waals surface area (Å²) >= 11 is 0. The van der Waals surface area contributed by atoms with Crippen molar-refractivity contribution in [3.8, 4) is 0 Å². The Kier molecular flexibility index (Phi) is 4.10. The summed E-state index contributed by atoms with van der Waals surface area (Å²) in [6.45, 7) is 5.53. The molecule has 0 fully saturated rings. The molecule has 0 aliphatic heterocycles. The van der Waals surface area contributed by atoms with Gasteiger partial charge in [0.25, 0.3) is 0 Å². The first kappa shape index (κ1) is 13.2. The summed E-state index contributed by atoms with van der Waals surface area (Å²) < 4.78 is 24.1. The zero-order chi connectivity index (χ0) is 12.3. The standard InChI is InChI=1S/C12H19NO2S/c1-9-4-5-10(2)12(8-9)16(14,15)7-6-11(3)13/h4-5,8,11H,6-7,13H2,1-3H3. The van der Waals surface area contributed by atoms with Crippen molar-refractivity contribution in [3.63, 3.8) is 0 Å². The van der Waals surface area contributed by atoms with Crippen LogP contribution < -0.4 is 5.73 Å². The van der Waals surface area contributed by atoms with Gasteiger partial charge in [0.1, 0.15) is 0 Å². The van der Waals surface area contributed by atoms with Crippen LogP contribution in [0.15, 0.2) is 23.1 Å². The molecule has 1 aromatic carbocycles. The van der Waals surface area contributed by atoms with Gasteiger partial charge in [-0.15, -0.1) is 0 Å². The van der Waals surface area contributed by atoms with E-state index in [0.717, 1.165) is 11.1 Å². The molecule has 16 heavy (non-hydrogen) atoms. The molecule has 0 radical (unpaired) electrons. The molecule has 1 atom stereocenters. The van der Waals surface area contributed by atoms with E-state index in [1.165, 1.54) is 0 Å². The molecule has 0 amide bonds. The monoisotopic (exact) mass is 241 g/mol. The maximum atomic E-state index is 12.1. The average molecular weight is 241 g/mol. The van der Waals surface area contributed by atoms with Crippen molar-refractivity contribution in [3.05, 3.63) is 29.3 Å². The minimum Gasteiger partial charge on any atom is -0.328 e. The Morgan fingerprint density at radius 2 is 1.94 bits per heavy atom. The lowest BCUT2D eigenvalue weighted by Crippen LogP contribution is -2.20. The molecule has 0 saturated carbocycles. The van der Waals surface area contributed by atoms with E-state index < -0.39 is 9.84 Å². The summed E-state index contributed by atoms with van der Waals surface area (Å²) in [7, 11) is -3.19. The average Bonchev–Trinajstić information content (AvgIpc) is 2.19. The van der Waals surface area contributed by atoms with Crippen molar-refractivity contribution < 1.29 is 8.42 Å². The SMILES string of the molecule is Cc1ccc(C)c(S(=O)(=O)CCC(C)N)c1. The Morgan fingerprint density at radius 3 is 2.50 bits per heavy atom. The van der Waals surface area contributed by atoms with E-state index in [1.54, 1.807) is 6.07 Å². The van der Waals surface area contributed by atoms with Gasteiger partial charge in [0.2, 0.25) is 0 Å². The molecule has 1 aromatic rings. The highest BCUT2D eigenvalue weighted by atomic mass is 32.2. The van der Waals surface area contributed by atoms with Crippen molar-refractivity contribution >= 4 is 9.84 Å². The van der Waals surface area contributed by atoms with Crippen LogP contribution in [0.25, 0.3) is 0 Å².